The van der Waals surface area contributed by atoms with Crippen LogP contribution in [0.5, 0.6) is 0 Å². The van der Waals surface area contributed by atoms with E-state index in [-0.39, 0.29) is 37.9 Å². The van der Waals surface area contributed by atoms with E-state index < -0.39 is 17.7 Å². The lowest BCUT2D eigenvalue weighted by Crippen LogP contribution is -2.60. The van der Waals surface area contributed by atoms with Crippen molar-refractivity contribution < 1.29 is 24.2 Å². The number of rotatable bonds is 4. The summed E-state index contributed by atoms with van der Waals surface area (Å²) in [4.78, 5) is 44.9. The molecule has 0 radical (unpaired) electrons. The molecule has 2 aromatic heterocycles. The zero-order valence-corrected chi connectivity index (χ0v) is 17.6. The predicted molar refractivity (Wildman–Crippen MR) is 109 cm³/mol. The largest absolute Gasteiger partial charge is 0.444 e. The Hall–Kier alpha value is -3.14. The molecule has 10 heteroatoms. The Bertz CT molecular complexity index is 964. The van der Waals surface area contributed by atoms with Gasteiger partial charge in [0.2, 0.25) is 0 Å². The summed E-state index contributed by atoms with van der Waals surface area (Å²) in [5, 5.41) is 12.0. The van der Waals surface area contributed by atoms with Crippen LogP contribution in [0.15, 0.2) is 24.5 Å². The lowest BCUT2D eigenvalue weighted by atomic mass is 10.1. The molecule has 1 saturated heterocycles. The van der Waals surface area contributed by atoms with E-state index in [1.54, 1.807) is 56.7 Å². The number of aliphatic hydroxyl groups excluding tert-OH is 1. The highest BCUT2D eigenvalue weighted by Crippen LogP contribution is 2.24. The number of carbonyl (C=O) groups is 3. The van der Waals surface area contributed by atoms with Crippen LogP contribution in [0, 0.1) is 0 Å². The highest BCUT2D eigenvalue weighted by atomic mass is 16.6. The Morgan fingerprint density at radius 1 is 1.27 bits per heavy atom. The van der Waals surface area contributed by atoms with Crippen molar-refractivity contribution >= 4 is 29.4 Å². The smallest absolute Gasteiger partial charge is 0.411 e. The van der Waals surface area contributed by atoms with Crippen molar-refractivity contribution in [3.63, 3.8) is 0 Å². The molecule has 1 atom stereocenters. The van der Waals surface area contributed by atoms with Gasteiger partial charge >= 0.3 is 6.09 Å². The van der Waals surface area contributed by atoms with Crippen molar-refractivity contribution in [3.8, 4) is 0 Å². The number of hydrogen-bond donors (Lipinski definition) is 2. The topological polar surface area (TPSA) is 116 Å². The van der Waals surface area contributed by atoms with Crippen LogP contribution in [-0.2, 0) is 9.53 Å². The molecule has 3 heterocycles. The molecule has 1 fully saturated rings. The van der Waals surface area contributed by atoms with Crippen molar-refractivity contribution in [2.75, 3.05) is 31.6 Å². The number of aromatic nitrogens is 2. The molecule has 2 N–H and O–H groups in total. The van der Waals surface area contributed by atoms with E-state index >= 15 is 0 Å². The monoisotopic (exact) mass is 417 g/mol. The fourth-order valence-corrected chi connectivity index (χ4v) is 3.34. The van der Waals surface area contributed by atoms with E-state index in [0.717, 1.165) is 0 Å². The first kappa shape index (κ1) is 21.6. The first-order valence-corrected chi connectivity index (χ1v) is 9.77. The zero-order valence-electron chi connectivity index (χ0n) is 17.6. The molecule has 30 heavy (non-hydrogen) atoms. The van der Waals surface area contributed by atoms with Crippen LogP contribution < -0.4 is 10.2 Å². The number of ether oxygens (including phenoxy) is 1. The first-order chi connectivity index (χ1) is 14.1. The zero-order chi connectivity index (χ0) is 22.1. The molecular formula is C20H27N5O5. The maximum absolute atomic E-state index is 13.1. The van der Waals surface area contributed by atoms with Crippen molar-refractivity contribution in [1.29, 1.82) is 0 Å². The molecule has 10 nitrogen and oxygen atoms in total. The minimum atomic E-state index is -0.843. The summed E-state index contributed by atoms with van der Waals surface area (Å²) in [6.07, 6.45) is 2.82. The van der Waals surface area contributed by atoms with Crippen LogP contribution >= 0.6 is 0 Å². The molecule has 2 aromatic rings. The van der Waals surface area contributed by atoms with E-state index in [1.165, 1.54) is 9.80 Å². The number of imidazole rings is 1. The Balaban J connectivity index is 1.86. The molecule has 1 aliphatic heterocycles. The van der Waals surface area contributed by atoms with Crippen molar-refractivity contribution in [2.45, 2.75) is 38.8 Å². The summed E-state index contributed by atoms with van der Waals surface area (Å²) in [5.41, 5.74) is 0.359. The second kappa shape index (κ2) is 8.31. The van der Waals surface area contributed by atoms with Crippen LogP contribution in [0.1, 0.15) is 37.6 Å². The maximum atomic E-state index is 13.1. The first-order valence-electron chi connectivity index (χ1n) is 9.77. The minimum Gasteiger partial charge on any atom is -0.444 e. The van der Waals surface area contributed by atoms with Gasteiger partial charge in [-0.25, -0.2) is 9.78 Å². The Kier molecular flexibility index (Phi) is 5.97. The normalized spacial score (nSPS) is 17.4. The number of amides is 3. The Labute approximate surface area is 174 Å². The summed E-state index contributed by atoms with van der Waals surface area (Å²) in [6.45, 7) is 5.52. The van der Waals surface area contributed by atoms with Crippen LogP contribution in [0.4, 0.5) is 10.6 Å². The Morgan fingerprint density at radius 2 is 2.00 bits per heavy atom. The number of hydrogen-bond acceptors (Lipinski definition) is 6. The van der Waals surface area contributed by atoms with Gasteiger partial charge in [0, 0.05) is 39.4 Å². The molecule has 0 aromatic carbocycles. The van der Waals surface area contributed by atoms with Gasteiger partial charge in [0.15, 0.2) is 5.82 Å². The van der Waals surface area contributed by atoms with Gasteiger partial charge in [-0.3, -0.25) is 19.4 Å². The summed E-state index contributed by atoms with van der Waals surface area (Å²) in [7, 11) is 1.55. The number of nitrogens with one attached hydrogen (secondary N) is 1. The molecule has 0 bridgehead atoms. The van der Waals surface area contributed by atoms with Crippen LogP contribution in [0.2, 0.25) is 0 Å². The van der Waals surface area contributed by atoms with E-state index in [1.807, 2.05) is 0 Å². The third-order valence-corrected chi connectivity index (χ3v) is 4.73. The Morgan fingerprint density at radius 3 is 2.63 bits per heavy atom. The van der Waals surface area contributed by atoms with Crippen LogP contribution in [-0.4, -0.2) is 75.7 Å². The minimum absolute atomic E-state index is 0.1000. The summed E-state index contributed by atoms with van der Waals surface area (Å²) < 4.78 is 7.09. The lowest BCUT2D eigenvalue weighted by Gasteiger charge is -2.40. The molecule has 162 valence electrons. The lowest BCUT2D eigenvalue weighted by molar-refractivity contribution is -0.126. The van der Waals surface area contributed by atoms with Crippen molar-refractivity contribution in [3.05, 3.63) is 30.1 Å². The van der Waals surface area contributed by atoms with Gasteiger partial charge in [-0.2, -0.15) is 0 Å². The highest BCUT2D eigenvalue weighted by molar-refractivity contribution is 5.99. The molecule has 3 amide bonds. The van der Waals surface area contributed by atoms with Crippen LogP contribution in [0.3, 0.4) is 0 Å². The predicted octanol–water partition coefficient (Wildman–Crippen LogP) is 1.03. The number of nitrogens with zero attached hydrogens (tertiary/aromatic N) is 4. The van der Waals surface area contributed by atoms with Gasteiger partial charge in [-0.15, -0.1) is 0 Å². The van der Waals surface area contributed by atoms with Gasteiger partial charge in [-0.05, 0) is 32.9 Å². The van der Waals surface area contributed by atoms with E-state index in [9.17, 15) is 19.5 Å². The molecule has 1 aliphatic rings. The number of carbonyl (C=O) groups excluding carboxylic acids is 3. The number of aliphatic hydroxyl groups is 1. The van der Waals surface area contributed by atoms with E-state index in [4.69, 9.17) is 4.74 Å². The third-order valence-electron chi connectivity index (χ3n) is 4.73. The fourth-order valence-electron chi connectivity index (χ4n) is 3.34. The number of pyridine rings is 1. The maximum Gasteiger partial charge on any atom is 0.411 e. The summed E-state index contributed by atoms with van der Waals surface area (Å²) >= 11 is 0. The SMILES string of the molecule is CNC(=O)c1ccc2nc(N3CCN(C(=O)OC(C)(C)C)C(CCO)C3=O)cn2c1. The van der Waals surface area contributed by atoms with Gasteiger partial charge in [-0.1, -0.05) is 0 Å². The molecular weight excluding hydrogens is 390 g/mol. The molecule has 1 unspecified atom stereocenters. The quantitative estimate of drug-likeness (QED) is 0.768. The van der Waals surface area contributed by atoms with Gasteiger partial charge in [0.05, 0.1) is 11.8 Å². The van der Waals surface area contributed by atoms with Crippen molar-refractivity contribution in [1.82, 2.24) is 19.6 Å². The number of piperazine rings is 1. The molecule has 0 saturated carbocycles. The summed E-state index contributed by atoms with van der Waals surface area (Å²) in [6, 6.07) is 2.51. The second-order valence-corrected chi connectivity index (χ2v) is 8.05. The average Bonchev–Trinajstić information content (AvgIpc) is 3.10. The van der Waals surface area contributed by atoms with Gasteiger partial charge < -0.3 is 19.6 Å². The van der Waals surface area contributed by atoms with Gasteiger partial charge in [0.1, 0.15) is 17.3 Å². The summed E-state index contributed by atoms with van der Waals surface area (Å²) in [5.74, 6) is -0.144. The third kappa shape index (κ3) is 4.38. The van der Waals surface area contributed by atoms with Crippen molar-refractivity contribution in [2.24, 2.45) is 0 Å². The van der Waals surface area contributed by atoms with Crippen LogP contribution in [0.25, 0.3) is 5.65 Å². The average molecular weight is 417 g/mol. The molecule has 0 spiro atoms. The van der Waals surface area contributed by atoms with E-state index in [0.29, 0.717) is 17.0 Å². The standard InChI is InChI=1S/C20H27N5O5/c1-20(2,3)30-19(29)24-8-9-25(18(28)14(24)7-10-26)16-12-23-11-13(17(27)21-4)5-6-15(23)22-16/h5-6,11-12,14,26H,7-10H2,1-4H3,(H,21,27). The highest BCUT2D eigenvalue weighted by Gasteiger charge is 2.40. The fraction of sp³-hybridized carbons (Fsp3) is 0.500. The molecule has 3 rings (SSSR count). The number of fused-ring (bicyclic) bond motifs is 1. The van der Waals surface area contributed by atoms with E-state index in [2.05, 4.69) is 10.3 Å². The van der Waals surface area contributed by atoms with Gasteiger partial charge in [0.25, 0.3) is 11.8 Å². The number of anilines is 1. The molecule has 0 aliphatic carbocycles. The second-order valence-electron chi connectivity index (χ2n) is 8.05.